The molecule has 20 heavy (non-hydrogen) atoms. The van der Waals surface area contributed by atoms with Crippen molar-refractivity contribution in [3.05, 3.63) is 44.8 Å². The first-order valence-corrected chi connectivity index (χ1v) is 9.28. The van der Waals surface area contributed by atoms with Crippen LogP contribution in [0.4, 0.5) is 0 Å². The van der Waals surface area contributed by atoms with Crippen LogP contribution in [0.1, 0.15) is 16.4 Å². The summed E-state index contributed by atoms with van der Waals surface area (Å²) in [6, 6.07) is 3.88. The van der Waals surface area contributed by atoms with E-state index in [0.717, 1.165) is 11.1 Å². The fourth-order valence-corrected chi connectivity index (χ4v) is 4.78. The standard InChI is InChI=1S/C13H15NO3S3/c15-4-3-14-12(16)9-20(17)13(10-1-5-18-7-10)11-2-6-19-8-11/h1-2,5-8,13,15H,3-4,9H2,(H,14,16). The number of aliphatic hydroxyl groups is 1. The van der Waals surface area contributed by atoms with Gasteiger partial charge in [0.25, 0.3) is 0 Å². The van der Waals surface area contributed by atoms with Gasteiger partial charge in [-0.15, -0.1) is 0 Å². The Kier molecular flexibility index (Phi) is 5.90. The van der Waals surface area contributed by atoms with Gasteiger partial charge in [-0.2, -0.15) is 22.7 Å². The van der Waals surface area contributed by atoms with Crippen LogP contribution < -0.4 is 5.32 Å². The van der Waals surface area contributed by atoms with Crippen molar-refractivity contribution in [3.63, 3.8) is 0 Å². The van der Waals surface area contributed by atoms with E-state index in [1.807, 2.05) is 33.7 Å². The predicted octanol–water partition coefficient (Wildman–Crippen LogP) is 1.76. The van der Waals surface area contributed by atoms with Crippen LogP contribution >= 0.6 is 22.7 Å². The van der Waals surface area contributed by atoms with Gasteiger partial charge in [-0.05, 0) is 44.8 Å². The molecule has 2 rings (SSSR count). The van der Waals surface area contributed by atoms with Crippen LogP contribution in [0.2, 0.25) is 0 Å². The van der Waals surface area contributed by atoms with Crippen LogP contribution in [0.15, 0.2) is 33.7 Å². The second-order valence-electron chi connectivity index (χ2n) is 4.09. The lowest BCUT2D eigenvalue weighted by Gasteiger charge is -2.14. The van der Waals surface area contributed by atoms with Crippen molar-refractivity contribution >= 4 is 39.4 Å². The molecule has 0 aliphatic carbocycles. The molecule has 1 atom stereocenters. The van der Waals surface area contributed by atoms with Crippen molar-refractivity contribution in [2.24, 2.45) is 0 Å². The SMILES string of the molecule is O=C(CS(=O)C(c1ccsc1)c1ccsc1)NCCO. The average Bonchev–Trinajstić information content (AvgIpc) is 3.10. The summed E-state index contributed by atoms with van der Waals surface area (Å²) >= 11 is 3.10. The highest BCUT2D eigenvalue weighted by Gasteiger charge is 2.24. The van der Waals surface area contributed by atoms with Crippen LogP contribution in [0.25, 0.3) is 0 Å². The number of nitrogens with one attached hydrogen (secondary N) is 1. The summed E-state index contributed by atoms with van der Waals surface area (Å²) in [5, 5.41) is 18.7. The maximum atomic E-state index is 12.5. The van der Waals surface area contributed by atoms with Crippen LogP contribution in [-0.4, -0.2) is 34.1 Å². The third-order valence-corrected chi connectivity index (χ3v) is 5.68. The van der Waals surface area contributed by atoms with Crippen molar-refractivity contribution in [2.75, 3.05) is 18.9 Å². The Morgan fingerprint density at radius 2 is 1.85 bits per heavy atom. The van der Waals surface area contributed by atoms with Crippen LogP contribution in [0.3, 0.4) is 0 Å². The molecule has 0 bridgehead atoms. The molecule has 0 aliphatic rings. The summed E-state index contributed by atoms with van der Waals surface area (Å²) in [6.45, 7) is 0.0778. The quantitative estimate of drug-likeness (QED) is 0.813. The third-order valence-electron chi connectivity index (χ3n) is 2.66. The van der Waals surface area contributed by atoms with Crippen LogP contribution in [0.5, 0.6) is 0 Å². The molecule has 2 heterocycles. The second kappa shape index (κ2) is 7.68. The van der Waals surface area contributed by atoms with Crippen molar-refractivity contribution in [1.29, 1.82) is 0 Å². The Balaban J connectivity index is 2.12. The summed E-state index contributed by atoms with van der Waals surface area (Å²) in [5.74, 6) is -0.357. The zero-order chi connectivity index (χ0) is 14.4. The summed E-state index contributed by atoms with van der Waals surface area (Å²) in [6.07, 6.45) is 0. The fourth-order valence-electron chi connectivity index (χ4n) is 1.80. The van der Waals surface area contributed by atoms with Crippen LogP contribution in [0, 0.1) is 0 Å². The highest BCUT2D eigenvalue weighted by atomic mass is 32.2. The van der Waals surface area contributed by atoms with E-state index in [9.17, 15) is 9.00 Å². The lowest BCUT2D eigenvalue weighted by Crippen LogP contribution is -2.31. The molecule has 4 nitrogen and oxygen atoms in total. The van der Waals surface area contributed by atoms with Gasteiger partial charge < -0.3 is 10.4 Å². The smallest absolute Gasteiger partial charge is 0.232 e. The number of carbonyl (C=O) groups excluding carboxylic acids is 1. The van der Waals surface area contributed by atoms with Gasteiger partial charge in [0, 0.05) is 17.3 Å². The number of rotatable bonds is 7. The van der Waals surface area contributed by atoms with E-state index >= 15 is 0 Å². The van der Waals surface area contributed by atoms with Crippen LogP contribution in [-0.2, 0) is 15.6 Å². The molecule has 0 fully saturated rings. The van der Waals surface area contributed by atoms with Gasteiger partial charge in [-0.25, -0.2) is 0 Å². The van der Waals surface area contributed by atoms with Gasteiger partial charge in [0.2, 0.25) is 5.91 Å². The Hall–Kier alpha value is -1.02. The van der Waals surface area contributed by atoms with E-state index in [0.29, 0.717) is 0 Å². The summed E-state index contributed by atoms with van der Waals surface area (Å²) < 4.78 is 12.5. The van der Waals surface area contributed by atoms with Gasteiger partial charge in [0.05, 0.1) is 11.9 Å². The molecule has 2 N–H and O–H groups in total. The fraction of sp³-hybridized carbons (Fsp3) is 0.308. The Bertz CT molecular complexity index is 517. The van der Waals surface area contributed by atoms with Gasteiger partial charge >= 0.3 is 0 Å². The number of thiophene rings is 2. The lowest BCUT2D eigenvalue weighted by atomic mass is 10.1. The maximum Gasteiger partial charge on any atom is 0.232 e. The first-order valence-electron chi connectivity index (χ1n) is 6.01. The summed E-state index contributed by atoms with van der Waals surface area (Å²) in [4.78, 5) is 11.6. The monoisotopic (exact) mass is 329 g/mol. The van der Waals surface area contributed by atoms with Gasteiger partial charge in [0.15, 0.2) is 0 Å². The van der Waals surface area contributed by atoms with Gasteiger partial charge in [0.1, 0.15) is 5.75 Å². The molecule has 108 valence electrons. The largest absolute Gasteiger partial charge is 0.395 e. The van der Waals surface area contributed by atoms with E-state index in [1.165, 1.54) is 0 Å². The Morgan fingerprint density at radius 3 is 2.30 bits per heavy atom. The topological polar surface area (TPSA) is 66.4 Å². The highest BCUT2D eigenvalue weighted by Crippen LogP contribution is 2.31. The Labute approximate surface area is 127 Å². The Morgan fingerprint density at radius 1 is 1.25 bits per heavy atom. The molecule has 0 aromatic carbocycles. The lowest BCUT2D eigenvalue weighted by molar-refractivity contribution is -0.118. The molecule has 0 saturated heterocycles. The normalized spacial score (nSPS) is 12.5. The predicted molar refractivity (Wildman–Crippen MR) is 83.6 cm³/mol. The number of hydrogen-bond acceptors (Lipinski definition) is 5. The number of carbonyl (C=O) groups is 1. The van der Waals surface area contributed by atoms with E-state index in [2.05, 4.69) is 5.32 Å². The molecule has 2 aromatic heterocycles. The molecular weight excluding hydrogens is 314 g/mol. The van der Waals surface area contributed by atoms with E-state index in [-0.39, 0.29) is 30.1 Å². The van der Waals surface area contributed by atoms with E-state index in [4.69, 9.17) is 5.11 Å². The maximum absolute atomic E-state index is 12.5. The zero-order valence-electron chi connectivity index (χ0n) is 10.7. The molecule has 0 aliphatic heterocycles. The molecule has 0 radical (unpaired) electrons. The first-order chi connectivity index (χ1) is 9.72. The van der Waals surface area contributed by atoms with Crippen molar-refractivity contribution in [3.8, 4) is 0 Å². The minimum absolute atomic E-state index is 0.0592. The number of aliphatic hydroxyl groups excluding tert-OH is 1. The van der Waals surface area contributed by atoms with Gasteiger partial charge in [-0.3, -0.25) is 9.00 Å². The summed E-state index contributed by atoms with van der Waals surface area (Å²) in [7, 11) is -1.33. The second-order valence-corrected chi connectivity index (χ2v) is 7.17. The van der Waals surface area contributed by atoms with E-state index < -0.39 is 10.8 Å². The third kappa shape index (κ3) is 3.99. The molecule has 1 amide bonds. The number of hydrogen-bond donors (Lipinski definition) is 2. The molecule has 0 saturated carbocycles. The number of amides is 1. The van der Waals surface area contributed by atoms with Crippen molar-refractivity contribution in [1.82, 2.24) is 5.32 Å². The van der Waals surface area contributed by atoms with Gasteiger partial charge in [-0.1, -0.05) is 0 Å². The molecule has 2 aromatic rings. The van der Waals surface area contributed by atoms with E-state index in [1.54, 1.807) is 22.7 Å². The van der Waals surface area contributed by atoms with Crippen molar-refractivity contribution in [2.45, 2.75) is 5.25 Å². The molecule has 0 spiro atoms. The zero-order valence-corrected chi connectivity index (χ0v) is 13.1. The molecule has 7 heteroatoms. The molecule has 1 unspecified atom stereocenters. The first kappa shape index (κ1) is 15.4. The summed E-state index contributed by atoms with van der Waals surface area (Å²) in [5.41, 5.74) is 1.95. The highest BCUT2D eigenvalue weighted by molar-refractivity contribution is 7.86. The minimum Gasteiger partial charge on any atom is -0.395 e. The minimum atomic E-state index is -1.33. The average molecular weight is 329 g/mol. The van der Waals surface area contributed by atoms with Crippen molar-refractivity contribution < 1.29 is 14.1 Å². The molecular formula is C13H15NO3S3.